The second-order valence-electron chi connectivity index (χ2n) is 5.88. The Labute approximate surface area is 163 Å². The van der Waals surface area contributed by atoms with E-state index >= 15 is 0 Å². The zero-order valence-corrected chi connectivity index (χ0v) is 16.2. The van der Waals surface area contributed by atoms with Crippen molar-refractivity contribution >= 4 is 38.8 Å². The first kappa shape index (κ1) is 19.0. The summed E-state index contributed by atoms with van der Waals surface area (Å²) in [6, 6.07) is 11.5. The number of aromatic amines is 1. The third-order valence-corrected chi connectivity index (χ3v) is 4.55. The zero-order chi connectivity index (χ0) is 19.4. The van der Waals surface area contributed by atoms with Crippen molar-refractivity contribution in [2.45, 2.75) is 13.5 Å². The molecule has 0 fully saturated rings. The molecule has 0 aliphatic heterocycles. The van der Waals surface area contributed by atoms with Crippen LogP contribution < -0.4 is 5.56 Å². The highest BCUT2D eigenvalue weighted by molar-refractivity contribution is 9.10. The van der Waals surface area contributed by atoms with Crippen molar-refractivity contribution in [1.29, 1.82) is 0 Å². The third-order valence-electron chi connectivity index (χ3n) is 4.06. The van der Waals surface area contributed by atoms with Gasteiger partial charge in [0.15, 0.2) is 0 Å². The molecule has 1 aromatic heterocycles. The molecule has 2 aromatic carbocycles. The van der Waals surface area contributed by atoms with E-state index in [0.717, 1.165) is 4.47 Å². The second kappa shape index (κ2) is 8.26. The van der Waals surface area contributed by atoms with Crippen molar-refractivity contribution in [2.75, 3.05) is 6.54 Å². The highest BCUT2D eigenvalue weighted by atomic mass is 79.9. The predicted octanol–water partition coefficient (Wildman–Crippen LogP) is 3.89. The largest absolute Gasteiger partial charge is 0.332 e. The van der Waals surface area contributed by atoms with E-state index in [-0.39, 0.29) is 18.0 Å². The van der Waals surface area contributed by atoms with Gasteiger partial charge in [-0.05, 0) is 43.3 Å². The van der Waals surface area contributed by atoms with Gasteiger partial charge in [-0.1, -0.05) is 28.1 Å². The number of H-pyrrole nitrogens is 1. The van der Waals surface area contributed by atoms with Gasteiger partial charge in [0, 0.05) is 22.7 Å². The molecule has 0 radical (unpaired) electrons. The minimum Gasteiger partial charge on any atom is -0.332 e. The molecule has 7 heteroatoms. The highest BCUT2D eigenvalue weighted by Crippen LogP contribution is 2.17. The Balaban J connectivity index is 1.80. The minimum atomic E-state index is -0.411. The van der Waals surface area contributed by atoms with E-state index in [1.807, 2.05) is 6.92 Å². The number of fused-ring (bicyclic) bond motifs is 1. The molecule has 0 atom stereocenters. The average Bonchev–Trinajstić information content (AvgIpc) is 2.66. The van der Waals surface area contributed by atoms with E-state index in [9.17, 15) is 14.0 Å². The van der Waals surface area contributed by atoms with Gasteiger partial charge < -0.3 is 9.88 Å². The summed E-state index contributed by atoms with van der Waals surface area (Å²) in [5.41, 5.74) is 0.642. The van der Waals surface area contributed by atoms with Crippen molar-refractivity contribution in [3.63, 3.8) is 0 Å². The maximum atomic E-state index is 13.8. The Morgan fingerprint density at radius 2 is 2.07 bits per heavy atom. The Morgan fingerprint density at radius 1 is 1.30 bits per heavy atom. The van der Waals surface area contributed by atoms with Gasteiger partial charge in [0.25, 0.3) is 5.56 Å². The summed E-state index contributed by atoms with van der Waals surface area (Å²) >= 11 is 3.28. The van der Waals surface area contributed by atoms with Gasteiger partial charge >= 0.3 is 0 Å². The first-order valence-corrected chi connectivity index (χ1v) is 9.17. The molecular formula is C20H17BrFN3O2. The normalized spacial score (nSPS) is 11.2. The Kier molecular flexibility index (Phi) is 5.81. The lowest BCUT2D eigenvalue weighted by atomic mass is 10.2. The summed E-state index contributed by atoms with van der Waals surface area (Å²) in [5, 5.41) is 0.501. The van der Waals surface area contributed by atoms with E-state index in [1.54, 1.807) is 36.4 Å². The highest BCUT2D eigenvalue weighted by Gasteiger charge is 2.12. The van der Waals surface area contributed by atoms with Crippen LogP contribution in [-0.2, 0) is 11.3 Å². The van der Waals surface area contributed by atoms with Gasteiger partial charge in [0.2, 0.25) is 5.91 Å². The van der Waals surface area contributed by atoms with E-state index in [4.69, 9.17) is 0 Å². The second-order valence-corrected chi connectivity index (χ2v) is 6.80. The third kappa shape index (κ3) is 4.49. The van der Waals surface area contributed by atoms with Crippen molar-refractivity contribution in [1.82, 2.24) is 14.9 Å². The smallest absolute Gasteiger partial charge is 0.258 e. The Hall–Kier alpha value is -2.80. The first-order chi connectivity index (χ1) is 13.0. The number of hydrogen-bond donors (Lipinski definition) is 1. The van der Waals surface area contributed by atoms with Crippen LogP contribution in [0.1, 0.15) is 18.3 Å². The molecule has 0 saturated carbocycles. The maximum absolute atomic E-state index is 13.8. The number of amides is 1. The molecule has 27 heavy (non-hydrogen) atoms. The van der Waals surface area contributed by atoms with Crippen LogP contribution in [0, 0.1) is 5.82 Å². The predicted molar refractivity (Wildman–Crippen MR) is 107 cm³/mol. The van der Waals surface area contributed by atoms with Crippen LogP contribution in [0.4, 0.5) is 4.39 Å². The fraction of sp³-hybridized carbons (Fsp3) is 0.150. The molecule has 0 aliphatic rings. The number of hydrogen-bond acceptors (Lipinski definition) is 3. The summed E-state index contributed by atoms with van der Waals surface area (Å²) in [5.74, 6) is -0.311. The van der Waals surface area contributed by atoms with Crippen LogP contribution in [0.3, 0.4) is 0 Å². The topological polar surface area (TPSA) is 66.1 Å². The zero-order valence-electron chi connectivity index (χ0n) is 14.6. The standard InChI is InChI=1S/C20H17BrFN3O2/c1-2-25(19(26)10-7-13-11-14(21)8-9-16(13)22)12-18-23-17-6-4-3-5-15(17)20(27)24-18/h3-11H,2,12H2,1H3,(H,23,24,27). The molecule has 1 N–H and O–H groups in total. The lowest BCUT2D eigenvalue weighted by Crippen LogP contribution is -2.30. The van der Waals surface area contributed by atoms with Gasteiger partial charge in [-0.15, -0.1) is 0 Å². The van der Waals surface area contributed by atoms with Crippen LogP contribution in [0.15, 0.2) is 57.8 Å². The fourth-order valence-corrected chi connectivity index (χ4v) is 3.02. The maximum Gasteiger partial charge on any atom is 0.258 e. The quantitative estimate of drug-likeness (QED) is 0.625. The molecule has 0 saturated heterocycles. The molecular weight excluding hydrogens is 413 g/mol. The van der Waals surface area contributed by atoms with Crippen LogP contribution in [-0.4, -0.2) is 27.3 Å². The first-order valence-electron chi connectivity index (χ1n) is 8.38. The number of para-hydroxylation sites is 1. The number of benzene rings is 2. The van der Waals surface area contributed by atoms with E-state index in [2.05, 4.69) is 25.9 Å². The monoisotopic (exact) mass is 429 g/mol. The summed E-state index contributed by atoms with van der Waals surface area (Å²) in [4.78, 5) is 33.3. The van der Waals surface area contributed by atoms with E-state index in [0.29, 0.717) is 28.8 Å². The number of aromatic nitrogens is 2. The number of rotatable bonds is 5. The van der Waals surface area contributed by atoms with E-state index in [1.165, 1.54) is 23.1 Å². The summed E-state index contributed by atoms with van der Waals surface area (Å²) < 4.78 is 14.5. The number of halogens is 2. The van der Waals surface area contributed by atoms with Crippen molar-refractivity contribution in [3.8, 4) is 0 Å². The summed E-state index contributed by atoms with van der Waals surface area (Å²) in [6.45, 7) is 2.39. The van der Waals surface area contributed by atoms with Crippen molar-refractivity contribution < 1.29 is 9.18 Å². The fourth-order valence-electron chi connectivity index (χ4n) is 2.64. The molecule has 138 valence electrons. The van der Waals surface area contributed by atoms with Gasteiger partial charge in [-0.2, -0.15) is 0 Å². The van der Waals surface area contributed by atoms with Crippen molar-refractivity contribution in [2.24, 2.45) is 0 Å². The van der Waals surface area contributed by atoms with Gasteiger partial charge in [-0.3, -0.25) is 9.59 Å². The molecule has 0 spiro atoms. The number of carbonyl (C=O) groups is 1. The van der Waals surface area contributed by atoms with Crippen LogP contribution in [0.25, 0.3) is 17.0 Å². The molecule has 3 rings (SSSR count). The molecule has 0 unspecified atom stereocenters. The van der Waals surface area contributed by atoms with Gasteiger partial charge in [0.1, 0.15) is 11.6 Å². The van der Waals surface area contributed by atoms with Crippen LogP contribution >= 0.6 is 15.9 Å². The number of carbonyl (C=O) groups excluding carboxylic acids is 1. The lowest BCUT2D eigenvalue weighted by molar-refractivity contribution is -0.126. The molecule has 0 bridgehead atoms. The Morgan fingerprint density at radius 3 is 2.85 bits per heavy atom. The van der Waals surface area contributed by atoms with Crippen molar-refractivity contribution in [3.05, 3.63) is 80.6 Å². The van der Waals surface area contributed by atoms with Gasteiger partial charge in [-0.25, -0.2) is 9.37 Å². The minimum absolute atomic E-state index is 0.153. The summed E-state index contributed by atoms with van der Waals surface area (Å²) in [7, 11) is 0. The van der Waals surface area contributed by atoms with Crippen LogP contribution in [0.2, 0.25) is 0 Å². The number of nitrogens with zero attached hydrogens (tertiary/aromatic N) is 2. The van der Waals surface area contributed by atoms with Crippen LogP contribution in [0.5, 0.6) is 0 Å². The van der Waals surface area contributed by atoms with E-state index < -0.39 is 5.82 Å². The molecule has 1 amide bonds. The molecule has 3 aromatic rings. The SMILES string of the molecule is CCN(Cc1nc2ccccc2c(=O)[nH]1)C(=O)C=Cc1cc(Br)ccc1F. The number of nitrogens with one attached hydrogen (secondary N) is 1. The van der Waals surface area contributed by atoms with Gasteiger partial charge in [0.05, 0.1) is 17.4 Å². The number of likely N-dealkylation sites (N-methyl/N-ethyl adjacent to an activating group) is 1. The molecule has 1 heterocycles. The summed E-state index contributed by atoms with van der Waals surface area (Å²) in [6.07, 6.45) is 2.75. The Bertz CT molecular complexity index is 1080. The molecule has 5 nitrogen and oxygen atoms in total. The average molecular weight is 430 g/mol. The lowest BCUT2D eigenvalue weighted by Gasteiger charge is -2.18. The molecule has 0 aliphatic carbocycles.